The van der Waals surface area contributed by atoms with Gasteiger partial charge in [0.15, 0.2) is 0 Å². The van der Waals surface area contributed by atoms with E-state index < -0.39 is 11.7 Å². The van der Waals surface area contributed by atoms with Crippen molar-refractivity contribution in [2.24, 2.45) is 5.92 Å². The van der Waals surface area contributed by atoms with Crippen LogP contribution in [0.15, 0.2) is 22.7 Å². The van der Waals surface area contributed by atoms with Crippen molar-refractivity contribution in [1.29, 1.82) is 0 Å². The summed E-state index contributed by atoms with van der Waals surface area (Å²) in [5, 5.41) is 3.21. The topological polar surface area (TPSA) is 21.3 Å². The highest BCUT2D eigenvalue weighted by Gasteiger charge is 2.34. The molecule has 0 radical (unpaired) electrons. The zero-order valence-electron chi connectivity index (χ0n) is 10.3. The zero-order valence-corrected chi connectivity index (χ0v) is 11.9. The highest BCUT2D eigenvalue weighted by Crippen LogP contribution is 2.38. The minimum atomic E-state index is -4.40. The van der Waals surface area contributed by atoms with Crippen LogP contribution in [0.25, 0.3) is 0 Å². The zero-order chi connectivity index (χ0) is 13.9. The first-order valence-corrected chi connectivity index (χ1v) is 6.96. The highest BCUT2D eigenvalue weighted by atomic mass is 79.9. The number of hydrogen-bond acceptors (Lipinski definition) is 2. The molecule has 0 unspecified atom stereocenters. The molecular formula is C13H15BrF3NO. The molecule has 2 nitrogen and oxygen atoms in total. The van der Waals surface area contributed by atoms with E-state index in [1.165, 1.54) is 6.07 Å². The maximum atomic E-state index is 12.9. The number of hydrogen-bond donors (Lipinski definition) is 1. The Morgan fingerprint density at radius 1 is 1.26 bits per heavy atom. The first-order valence-electron chi connectivity index (χ1n) is 6.17. The summed E-state index contributed by atoms with van der Waals surface area (Å²) in [5.41, 5.74) is -0.726. The number of alkyl halides is 3. The van der Waals surface area contributed by atoms with Gasteiger partial charge >= 0.3 is 6.18 Å². The molecule has 1 aromatic carbocycles. The summed E-state index contributed by atoms with van der Waals surface area (Å²) in [4.78, 5) is 0. The van der Waals surface area contributed by atoms with Crippen molar-refractivity contribution in [3.63, 3.8) is 0 Å². The van der Waals surface area contributed by atoms with E-state index in [9.17, 15) is 13.2 Å². The molecule has 0 saturated carbocycles. The van der Waals surface area contributed by atoms with E-state index in [-0.39, 0.29) is 5.75 Å². The molecule has 1 aliphatic heterocycles. The van der Waals surface area contributed by atoms with E-state index in [1.807, 2.05) is 0 Å². The predicted octanol–water partition coefficient (Wildman–Crippen LogP) is 3.85. The molecule has 6 heteroatoms. The second-order valence-electron chi connectivity index (χ2n) is 4.64. The molecular weight excluding hydrogens is 323 g/mol. The van der Waals surface area contributed by atoms with Gasteiger partial charge in [-0.1, -0.05) is 15.9 Å². The second kappa shape index (κ2) is 6.13. The van der Waals surface area contributed by atoms with Gasteiger partial charge in [-0.3, -0.25) is 0 Å². The van der Waals surface area contributed by atoms with E-state index in [4.69, 9.17) is 4.74 Å². The largest absolute Gasteiger partial charge is 0.493 e. The van der Waals surface area contributed by atoms with Crippen molar-refractivity contribution >= 4 is 15.9 Å². The fourth-order valence-corrected chi connectivity index (χ4v) is 2.47. The monoisotopic (exact) mass is 337 g/mol. The van der Waals surface area contributed by atoms with Gasteiger partial charge in [-0.05, 0) is 50.0 Å². The first-order chi connectivity index (χ1) is 8.97. The van der Waals surface area contributed by atoms with E-state index in [1.54, 1.807) is 6.07 Å². The van der Waals surface area contributed by atoms with Gasteiger partial charge in [-0.2, -0.15) is 13.2 Å². The Hall–Kier alpha value is -0.750. The predicted molar refractivity (Wildman–Crippen MR) is 70.2 cm³/mol. The van der Waals surface area contributed by atoms with Crippen LogP contribution in [0.2, 0.25) is 0 Å². The lowest BCUT2D eigenvalue weighted by molar-refractivity contribution is -0.139. The van der Waals surface area contributed by atoms with Crippen molar-refractivity contribution in [3.8, 4) is 5.75 Å². The SMILES string of the molecule is FC(F)(F)c1cc(Br)ccc1OCC1CCNCC1. The molecule has 1 heterocycles. The smallest absolute Gasteiger partial charge is 0.420 e. The summed E-state index contributed by atoms with van der Waals surface area (Å²) in [5.74, 6) is 0.236. The lowest BCUT2D eigenvalue weighted by atomic mass is 9.99. The Labute approximate surface area is 118 Å². The van der Waals surface area contributed by atoms with Crippen LogP contribution in [-0.4, -0.2) is 19.7 Å². The summed E-state index contributed by atoms with van der Waals surface area (Å²) in [7, 11) is 0. The molecule has 19 heavy (non-hydrogen) atoms. The molecule has 1 aromatic rings. The molecule has 1 fully saturated rings. The van der Waals surface area contributed by atoms with Crippen LogP contribution >= 0.6 is 15.9 Å². The second-order valence-corrected chi connectivity index (χ2v) is 5.56. The normalized spacial score (nSPS) is 17.5. The van der Waals surface area contributed by atoms with Crippen molar-refractivity contribution in [2.45, 2.75) is 19.0 Å². The number of ether oxygens (including phenoxy) is 1. The van der Waals surface area contributed by atoms with Crippen LogP contribution < -0.4 is 10.1 Å². The maximum absolute atomic E-state index is 12.9. The Morgan fingerprint density at radius 3 is 2.58 bits per heavy atom. The number of nitrogens with one attached hydrogen (secondary N) is 1. The van der Waals surface area contributed by atoms with Gasteiger partial charge in [0.1, 0.15) is 5.75 Å². The van der Waals surface area contributed by atoms with E-state index in [0.29, 0.717) is 17.0 Å². The summed E-state index contributed by atoms with van der Waals surface area (Å²) in [6, 6.07) is 3.98. The third-order valence-electron chi connectivity index (χ3n) is 3.18. The molecule has 1 saturated heterocycles. The van der Waals surface area contributed by atoms with E-state index in [0.717, 1.165) is 32.0 Å². The Bertz CT molecular complexity index is 430. The average Bonchev–Trinajstić information content (AvgIpc) is 2.37. The average molecular weight is 338 g/mol. The van der Waals surface area contributed by atoms with Crippen LogP contribution in [0.4, 0.5) is 13.2 Å². The summed E-state index contributed by atoms with van der Waals surface area (Å²) < 4.78 is 44.4. The fourth-order valence-electron chi connectivity index (χ4n) is 2.11. The molecule has 1 aliphatic rings. The standard InChI is InChI=1S/C13H15BrF3NO/c14-10-1-2-12(11(7-10)13(15,16)17)19-8-9-3-5-18-6-4-9/h1-2,7,9,18H,3-6,8H2. The highest BCUT2D eigenvalue weighted by molar-refractivity contribution is 9.10. The molecule has 0 aliphatic carbocycles. The number of halogens is 4. The fraction of sp³-hybridized carbons (Fsp3) is 0.538. The quantitative estimate of drug-likeness (QED) is 0.904. The first kappa shape index (κ1) is 14.7. The summed E-state index contributed by atoms with van der Waals surface area (Å²) >= 11 is 3.05. The van der Waals surface area contributed by atoms with Gasteiger partial charge in [-0.25, -0.2) is 0 Å². The summed E-state index contributed by atoms with van der Waals surface area (Å²) in [6.45, 7) is 2.15. The minimum absolute atomic E-state index is 0.0887. The lowest BCUT2D eigenvalue weighted by Crippen LogP contribution is -2.30. The van der Waals surface area contributed by atoms with Gasteiger partial charge in [0.2, 0.25) is 0 Å². The molecule has 1 N–H and O–H groups in total. The molecule has 0 atom stereocenters. The third kappa shape index (κ3) is 4.11. The number of rotatable bonds is 3. The lowest BCUT2D eigenvalue weighted by Gasteiger charge is -2.23. The van der Waals surface area contributed by atoms with Crippen molar-refractivity contribution in [1.82, 2.24) is 5.32 Å². The van der Waals surface area contributed by atoms with Crippen LogP contribution in [0.1, 0.15) is 18.4 Å². The molecule has 0 bridgehead atoms. The number of piperidine rings is 1. The third-order valence-corrected chi connectivity index (χ3v) is 3.67. The van der Waals surface area contributed by atoms with Gasteiger partial charge in [0.05, 0.1) is 12.2 Å². The molecule has 106 valence electrons. The van der Waals surface area contributed by atoms with Gasteiger partial charge in [0, 0.05) is 4.47 Å². The van der Waals surface area contributed by atoms with Gasteiger partial charge < -0.3 is 10.1 Å². The Kier molecular flexibility index (Phi) is 4.73. The van der Waals surface area contributed by atoms with Crippen LogP contribution in [-0.2, 0) is 6.18 Å². The molecule has 2 rings (SSSR count). The molecule has 0 aromatic heterocycles. The Balaban J connectivity index is 2.06. The maximum Gasteiger partial charge on any atom is 0.420 e. The summed E-state index contributed by atoms with van der Waals surface area (Å²) in [6.07, 6.45) is -2.51. The van der Waals surface area contributed by atoms with Crippen molar-refractivity contribution < 1.29 is 17.9 Å². The Morgan fingerprint density at radius 2 is 1.95 bits per heavy atom. The van der Waals surface area contributed by atoms with Gasteiger partial charge in [-0.15, -0.1) is 0 Å². The van der Waals surface area contributed by atoms with Crippen molar-refractivity contribution in [3.05, 3.63) is 28.2 Å². The molecule has 0 amide bonds. The van der Waals surface area contributed by atoms with Crippen LogP contribution in [0.3, 0.4) is 0 Å². The van der Waals surface area contributed by atoms with Crippen LogP contribution in [0, 0.1) is 5.92 Å². The van der Waals surface area contributed by atoms with E-state index in [2.05, 4.69) is 21.2 Å². The van der Waals surface area contributed by atoms with Crippen LogP contribution in [0.5, 0.6) is 5.75 Å². The van der Waals surface area contributed by atoms with Crippen molar-refractivity contribution in [2.75, 3.05) is 19.7 Å². The molecule has 0 spiro atoms. The van der Waals surface area contributed by atoms with E-state index >= 15 is 0 Å². The van der Waals surface area contributed by atoms with Gasteiger partial charge in [0.25, 0.3) is 0 Å². The minimum Gasteiger partial charge on any atom is -0.493 e. The number of benzene rings is 1.